The van der Waals surface area contributed by atoms with Crippen LogP contribution in [-0.4, -0.2) is 5.11 Å². The molecule has 0 bridgehead atoms. The average Bonchev–Trinajstić information content (AvgIpc) is 2.19. The Bertz CT molecular complexity index is 347. The quantitative estimate of drug-likeness (QED) is 0.725. The van der Waals surface area contributed by atoms with E-state index in [4.69, 9.17) is 11.6 Å². The van der Waals surface area contributed by atoms with Crippen LogP contribution < -0.4 is 5.43 Å². The number of halogens is 1. The molecule has 0 heterocycles. The summed E-state index contributed by atoms with van der Waals surface area (Å²) in [5, 5.41) is 9.39. The van der Waals surface area contributed by atoms with Crippen molar-refractivity contribution < 1.29 is 5.11 Å². The van der Waals surface area contributed by atoms with Crippen molar-refractivity contribution in [2.24, 2.45) is 0 Å². The Morgan fingerprint density at radius 2 is 2.17 bits per heavy atom. The van der Waals surface area contributed by atoms with Crippen molar-refractivity contribution >= 4 is 11.6 Å². The number of aromatic hydroxyl groups is 1. The predicted molar refractivity (Wildman–Crippen MR) is 48.8 cm³/mol. The van der Waals surface area contributed by atoms with E-state index in [0.29, 0.717) is 12.0 Å². The Kier molecular flexibility index (Phi) is 2.71. The number of hydrogen-bond donors (Lipinski definition) is 1. The molecule has 0 unspecified atom stereocenters. The van der Waals surface area contributed by atoms with Crippen molar-refractivity contribution in [1.29, 1.82) is 0 Å². The minimum absolute atomic E-state index is 0.0483. The molecule has 0 aliphatic carbocycles. The summed E-state index contributed by atoms with van der Waals surface area (Å²) in [6, 6.07) is 4.81. The molecule has 1 rings (SSSR count). The average molecular weight is 185 g/mol. The summed E-state index contributed by atoms with van der Waals surface area (Å²) < 4.78 is 0. The van der Waals surface area contributed by atoms with Crippen molar-refractivity contribution in [3.63, 3.8) is 0 Å². The van der Waals surface area contributed by atoms with Gasteiger partial charge < -0.3 is 5.11 Å². The van der Waals surface area contributed by atoms with Crippen molar-refractivity contribution in [3.8, 4) is 5.75 Å². The van der Waals surface area contributed by atoms with Crippen molar-refractivity contribution in [3.05, 3.63) is 39.0 Å². The fraction of sp³-hybridized carbons (Fsp3) is 0.222. The van der Waals surface area contributed by atoms with Gasteiger partial charge in [0.1, 0.15) is 0 Å². The second-order valence-electron chi connectivity index (χ2n) is 2.43. The molecule has 2 nitrogen and oxygen atoms in total. The molecular weight excluding hydrogens is 176 g/mol. The zero-order valence-corrected chi connectivity index (χ0v) is 7.43. The third-order valence-corrected chi connectivity index (χ3v) is 1.95. The minimum atomic E-state index is -0.501. The predicted octanol–water partition coefficient (Wildman–Crippen LogP) is 1.97. The summed E-state index contributed by atoms with van der Waals surface area (Å²) in [6.45, 7) is 1.86. The standard InChI is InChI=1S/C9H9ClO2/c1-2-6-4-3-5-7(10)9(12)8(6)11/h3-5H,2H2,1H3,(H,11,12). The monoisotopic (exact) mass is 184 g/mol. The Hall–Kier alpha value is -1.02. The van der Waals surface area contributed by atoms with Gasteiger partial charge in [0.25, 0.3) is 0 Å². The molecule has 0 saturated heterocycles. The lowest BCUT2D eigenvalue weighted by molar-refractivity contribution is 0.464. The highest BCUT2D eigenvalue weighted by molar-refractivity contribution is 6.30. The lowest BCUT2D eigenvalue weighted by Crippen LogP contribution is -1.98. The molecule has 0 aliphatic heterocycles. The van der Waals surface area contributed by atoms with Crippen LogP contribution in [0.15, 0.2) is 23.0 Å². The highest BCUT2D eigenvalue weighted by Crippen LogP contribution is 2.13. The van der Waals surface area contributed by atoms with E-state index in [1.165, 1.54) is 6.07 Å². The molecule has 0 saturated carbocycles. The molecule has 0 aromatic heterocycles. The Labute approximate surface area is 75.4 Å². The fourth-order valence-corrected chi connectivity index (χ4v) is 1.11. The summed E-state index contributed by atoms with van der Waals surface area (Å²) in [5.74, 6) is -0.243. The first-order valence-electron chi connectivity index (χ1n) is 3.67. The molecule has 64 valence electrons. The van der Waals surface area contributed by atoms with Crippen LogP contribution >= 0.6 is 11.6 Å². The van der Waals surface area contributed by atoms with E-state index in [1.54, 1.807) is 12.1 Å². The maximum absolute atomic E-state index is 11.2. The number of hydrogen-bond acceptors (Lipinski definition) is 2. The zero-order chi connectivity index (χ0) is 9.14. The second-order valence-corrected chi connectivity index (χ2v) is 2.84. The van der Waals surface area contributed by atoms with Gasteiger partial charge in [-0.25, -0.2) is 0 Å². The van der Waals surface area contributed by atoms with Crippen LogP contribution in [0.1, 0.15) is 12.5 Å². The van der Waals surface area contributed by atoms with Crippen molar-refractivity contribution in [2.75, 3.05) is 0 Å². The normalized spacial score (nSPS) is 9.83. The summed E-state index contributed by atoms with van der Waals surface area (Å²) in [6.07, 6.45) is 0.617. The van der Waals surface area contributed by atoms with Crippen LogP contribution in [0.5, 0.6) is 5.75 Å². The molecule has 0 spiro atoms. The highest BCUT2D eigenvalue weighted by atomic mass is 35.5. The molecule has 0 atom stereocenters. The molecular formula is C9H9ClO2. The van der Waals surface area contributed by atoms with Crippen LogP contribution in [0.4, 0.5) is 0 Å². The van der Waals surface area contributed by atoms with Crippen LogP contribution in [0, 0.1) is 0 Å². The van der Waals surface area contributed by atoms with Gasteiger partial charge in [-0.2, -0.15) is 0 Å². The molecule has 0 radical (unpaired) electrons. The molecule has 0 aliphatic rings. The summed E-state index contributed by atoms with van der Waals surface area (Å²) in [7, 11) is 0. The van der Waals surface area contributed by atoms with Gasteiger partial charge in [-0.3, -0.25) is 4.79 Å². The van der Waals surface area contributed by atoms with Crippen molar-refractivity contribution in [2.45, 2.75) is 13.3 Å². The van der Waals surface area contributed by atoms with E-state index in [1.807, 2.05) is 6.92 Å². The van der Waals surface area contributed by atoms with E-state index >= 15 is 0 Å². The maximum Gasteiger partial charge on any atom is 0.238 e. The molecule has 1 aromatic rings. The first kappa shape index (κ1) is 9.07. The van der Waals surface area contributed by atoms with E-state index in [2.05, 4.69) is 0 Å². The van der Waals surface area contributed by atoms with Gasteiger partial charge in [-0.1, -0.05) is 30.7 Å². The number of aryl methyl sites for hydroxylation is 1. The van der Waals surface area contributed by atoms with Gasteiger partial charge in [0.05, 0.1) is 5.02 Å². The van der Waals surface area contributed by atoms with Crippen LogP contribution in [-0.2, 0) is 6.42 Å². The van der Waals surface area contributed by atoms with Gasteiger partial charge in [-0.15, -0.1) is 0 Å². The summed E-state index contributed by atoms with van der Waals surface area (Å²) in [5.41, 5.74) is 0.116. The summed E-state index contributed by atoms with van der Waals surface area (Å²) in [4.78, 5) is 11.2. The maximum atomic E-state index is 11.2. The third-order valence-electron chi connectivity index (χ3n) is 1.66. The second kappa shape index (κ2) is 3.59. The first-order valence-corrected chi connectivity index (χ1v) is 4.05. The van der Waals surface area contributed by atoms with E-state index in [0.717, 1.165) is 0 Å². The minimum Gasteiger partial charge on any atom is -0.504 e. The van der Waals surface area contributed by atoms with Gasteiger partial charge >= 0.3 is 0 Å². The zero-order valence-electron chi connectivity index (χ0n) is 6.67. The smallest absolute Gasteiger partial charge is 0.238 e. The lowest BCUT2D eigenvalue weighted by Gasteiger charge is -1.92. The van der Waals surface area contributed by atoms with E-state index < -0.39 is 5.43 Å². The Balaban J connectivity index is 3.52. The van der Waals surface area contributed by atoms with E-state index in [9.17, 15) is 9.90 Å². The highest BCUT2D eigenvalue weighted by Gasteiger charge is 2.03. The molecule has 0 amide bonds. The SMILES string of the molecule is CCc1cccc(Cl)c(=O)c1O. The molecule has 1 N–H and O–H groups in total. The van der Waals surface area contributed by atoms with E-state index in [-0.39, 0.29) is 10.8 Å². The largest absolute Gasteiger partial charge is 0.504 e. The third kappa shape index (κ3) is 1.59. The number of rotatable bonds is 1. The van der Waals surface area contributed by atoms with Crippen LogP contribution in [0.3, 0.4) is 0 Å². The van der Waals surface area contributed by atoms with Crippen LogP contribution in [0.2, 0.25) is 5.02 Å². The summed E-state index contributed by atoms with van der Waals surface area (Å²) >= 11 is 5.55. The molecule has 0 fully saturated rings. The topological polar surface area (TPSA) is 37.3 Å². The molecule has 12 heavy (non-hydrogen) atoms. The molecule has 1 aromatic carbocycles. The fourth-order valence-electron chi connectivity index (χ4n) is 0.948. The van der Waals surface area contributed by atoms with Gasteiger partial charge in [0, 0.05) is 0 Å². The Morgan fingerprint density at radius 3 is 2.75 bits per heavy atom. The van der Waals surface area contributed by atoms with Gasteiger partial charge in [0.2, 0.25) is 5.43 Å². The van der Waals surface area contributed by atoms with Gasteiger partial charge in [0.15, 0.2) is 5.75 Å². The lowest BCUT2D eigenvalue weighted by atomic mass is 10.2. The van der Waals surface area contributed by atoms with Crippen molar-refractivity contribution in [1.82, 2.24) is 0 Å². The first-order chi connectivity index (χ1) is 5.66. The van der Waals surface area contributed by atoms with Crippen LogP contribution in [0.25, 0.3) is 0 Å². The Morgan fingerprint density at radius 1 is 1.50 bits per heavy atom. The van der Waals surface area contributed by atoms with Gasteiger partial charge in [-0.05, 0) is 18.1 Å². The molecule has 3 heteroatoms.